The van der Waals surface area contributed by atoms with Gasteiger partial charge in [0, 0.05) is 11.1 Å². The quantitative estimate of drug-likeness (QED) is 0.586. The number of nitrogens with one attached hydrogen (secondary N) is 1. The lowest BCUT2D eigenvalue weighted by Crippen LogP contribution is -2.56. The first kappa shape index (κ1) is 23.0. The summed E-state index contributed by atoms with van der Waals surface area (Å²) in [5.41, 5.74) is 6.94. The van der Waals surface area contributed by atoms with Crippen LogP contribution in [0.4, 0.5) is 0 Å². The van der Waals surface area contributed by atoms with Crippen molar-refractivity contribution in [1.82, 2.24) is 10.4 Å². The third-order valence-electron chi connectivity index (χ3n) is 5.68. The predicted molar refractivity (Wildman–Crippen MR) is 122 cm³/mol. The Bertz CT molecular complexity index is 979. The molecule has 0 fully saturated rings. The molecular weight excluding hydrogens is 391 g/mol. The molecule has 2 aromatic carbocycles. The maximum atomic E-state index is 13.6. The van der Waals surface area contributed by atoms with Crippen molar-refractivity contribution in [3.8, 4) is 0 Å². The van der Waals surface area contributed by atoms with Crippen LogP contribution in [-0.2, 0) is 11.3 Å². The minimum absolute atomic E-state index is 0.215. The van der Waals surface area contributed by atoms with Crippen LogP contribution >= 0.6 is 0 Å². The highest BCUT2D eigenvalue weighted by molar-refractivity contribution is 6.61. The third kappa shape index (κ3) is 5.00. The van der Waals surface area contributed by atoms with Crippen molar-refractivity contribution in [3.63, 3.8) is 0 Å². The number of carbonyl (C=O) groups is 2. The average molecular weight is 422 g/mol. The SMILES string of the molecule is CC[C@@H](N(NC(=O)c1ccc2c(c1)B(O)OC2)C(=O)c1cc(C)cc(C)c1)C(C)(C)C. The first-order chi connectivity index (χ1) is 14.5. The molecule has 0 unspecified atom stereocenters. The van der Waals surface area contributed by atoms with Gasteiger partial charge >= 0.3 is 7.12 Å². The van der Waals surface area contributed by atoms with E-state index in [1.165, 1.54) is 5.01 Å². The fourth-order valence-electron chi connectivity index (χ4n) is 4.22. The third-order valence-corrected chi connectivity index (χ3v) is 5.68. The molecule has 2 aromatic rings. The molecule has 1 aliphatic heterocycles. The Hall–Kier alpha value is -2.64. The largest absolute Gasteiger partial charge is 0.491 e. The zero-order valence-corrected chi connectivity index (χ0v) is 19.2. The molecule has 0 radical (unpaired) electrons. The van der Waals surface area contributed by atoms with Gasteiger partial charge in [-0.15, -0.1) is 0 Å². The highest BCUT2D eigenvalue weighted by atomic mass is 16.5. The second kappa shape index (κ2) is 8.85. The second-order valence-corrected chi connectivity index (χ2v) is 9.36. The number of nitrogens with zero attached hydrogens (tertiary/aromatic N) is 1. The number of rotatable bonds is 4. The van der Waals surface area contributed by atoms with Crippen molar-refractivity contribution in [2.75, 3.05) is 0 Å². The summed E-state index contributed by atoms with van der Waals surface area (Å²) in [7, 11) is -1.03. The molecule has 164 valence electrons. The highest BCUT2D eigenvalue weighted by Gasteiger charge is 2.35. The Morgan fingerprint density at radius 1 is 1.13 bits per heavy atom. The monoisotopic (exact) mass is 422 g/mol. The van der Waals surface area contributed by atoms with E-state index in [1.54, 1.807) is 18.2 Å². The summed E-state index contributed by atoms with van der Waals surface area (Å²) >= 11 is 0. The number of amides is 2. The minimum atomic E-state index is -1.03. The van der Waals surface area contributed by atoms with Gasteiger partial charge in [0.25, 0.3) is 11.8 Å². The van der Waals surface area contributed by atoms with Gasteiger partial charge in [0.05, 0.1) is 12.6 Å². The van der Waals surface area contributed by atoms with Crippen LogP contribution in [0, 0.1) is 19.3 Å². The first-order valence-corrected chi connectivity index (χ1v) is 10.7. The lowest BCUT2D eigenvalue weighted by molar-refractivity contribution is 0.0285. The Kier molecular flexibility index (Phi) is 6.58. The molecule has 3 rings (SSSR count). The number of hydrogen-bond donors (Lipinski definition) is 2. The Morgan fingerprint density at radius 2 is 1.77 bits per heavy atom. The summed E-state index contributed by atoms with van der Waals surface area (Å²) in [6.07, 6.45) is 0.678. The molecule has 31 heavy (non-hydrogen) atoms. The van der Waals surface area contributed by atoms with Crippen LogP contribution in [0.15, 0.2) is 36.4 Å². The van der Waals surface area contributed by atoms with Crippen molar-refractivity contribution in [3.05, 3.63) is 64.2 Å². The van der Waals surface area contributed by atoms with Gasteiger partial charge in [-0.3, -0.25) is 15.0 Å². The summed E-state index contributed by atoms with van der Waals surface area (Å²) < 4.78 is 5.22. The van der Waals surface area contributed by atoms with E-state index in [1.807, 2.05) is 39.0 Å². The van der Waals surface area contributed by atoms with Crippen LogP contribution in [0.3, 0.4) is 0 Å². The maximum Gasteiger partial charge on any atom is 0.491 e. The number of hydrogen-bond acceptors (Lipinski definition) is 4. The fraction of sp³-hybridized carbons (Fsp3) is 0.417. The van der Waals surface area contributed by atoms with E-state index in [4.69, 9.17) is 4.65 Å². The van der Waals surface area contributed by atoms with Gasteiger partial charge < -0.3 is 9.68 Å². The molecular formula is C24H31BN2O4. The Balaban J connectivity index is 1.96. The Labute approximate surface area is 184 Å². The van der Waals surface area contributed by atoms with E-state index in [2.05, 4.69) is 26.2 Å². The van der Waals surface area contributed by atoms with Crippen molar-refractivity contribution in [2.24, 2.45) is 5.41 Å². The lowest BCUT2D eigenvalue weighted by atomic mass is 9.79. The molecule has 1 aliphatic rings. The molecule has 0 bridgehead atoms. The van der Waals surface area contributed by atoms with E-state index in [0.717, 1.165) is 16.7 Å². The summed E-state index contributed by atoms with van der Waals surface area (Å²) in [6.45, 7) is 12.4. The van der Waals surface area contributed by atoms with Crippen molar-refractivity contribution in [1.29, 1.82) is 0 Å². The van der Waals surface area contributed by atoms with Crippen LogP contribution in [0.1, 0.15) is 71.5 Å². The molecule has 2 amide bonds. The standard InChI is InChI=1S/C24H31BN2O4/c1-7-21(24(4,5)6)27(23(29)19-11-15(2)10-16(3)12-19)26-22(28)17-8-9-18-14-31-25(30)20(18)13-17/h8-13,21,30H,7,14H2,1-6H3,(H,26,28)/t21-/m1/s1. The Morgan fingerprint density at radius 3 is 2.35 bits per heavy atom. The normalized spacial score (nSPS) is 14.2. The first-order valence-electron chi connectivity index (χ1n) is 10.7. The summed E-state index contributed by atoms with van der Waals surface area (Å²) in [5, 5.41) is 11.4. The summed E-state index contributed by atoms with van der Waals surface area (Å²) in [4.78, 5) is 26.7. The van der Waals surface area contributed by atoms with Gasteiger partial charge in [0.1, 0.15) is 0 Å². The van der Waals surface area contributed by atoms with Crippen LogP contribution in [0.2, 0.25) is 0 Å². The summed E-state index contributed by atoms with van der Waals surface area (Å²) in [6, 6.07) is 10.6. The zero-order valence-electron chi connectivity index (χ0n) is 19.2. The van der Waals surface area contributed by atoms with Gasteiger partial charge in [-0.25, -0.2) is 5.01 Å². The average Bonchev–Trinajstić information content (AvgIpc) is 3.05. The van der Waals surface area contributed by atoms with Gasteiger partial charge in [-0.2, -0.15) is 0 Å². The smallest absolute Gasteiger partial charge is 0.423 e. The molecule has 0 saturated carbocycles. The van der Waals surface area contributed by atoms with Gasteiger partial charge in [0.15, 0.2) is 0 Å². The zero-order chi connectivity index (χ0) is 22.9. The van der Waals surface area contributed by atoms with Crippen LogP contribution in [-0.4, -0.2) is 35.0 Å². The van der Waals surface area contributed by atoms with Gasteiger partial charge in [0.2, 0.25) is 0 Å². The van der Waals surface area contributed by atoms with E-state index in [0.29, 0.717) is 29.6 Å². The summed E-state index contributed by atoms with van der Waals surface area (Å²) in [5.74, 6) is -0.645. The van der Waals surface area contributed by atoms with Gasteiger partial charge in [-0.1, -0.05) is 51.0 Å². The maximum absolute atomic E-state index is 13.6. The lowest BCUT2D eigenvalue weighted by Gasteiger charge is -2.39. The number of benzene rings is 2. The van der Waals surface area contributed by atoms with Crippen LogP contribution in [0.25, 0.3) is 0 Å². The molecule has 7 heteroatoms. The molecule has 1 atom stereocenters. The second-order valence-electron chi connectivity index (χ2n) is 9.36. The number of carbonyl (C=O) groups excluding carboxylic acids is 2. The van der Waals surface area contributed by atoms with Gasteiger partial charge in [-0.05, 0) is 61.0 Å². The molecule has 1 heterocycles. The molecule has 0 aliphatic carbocycles. The number of fused-ring (bicyclic) bond motifs is 1. The highest BCUT2D eigenvalue weighted by Crippen LogP contribution is 2.28. The van der Waals surface area contributed by atoms with E-state index < -0.39 is 13.0 Å². The van der Waals surface area contributed by atoms with Crippen molar-refractivity contribution >= 4 is 24.4 Å². The number of aryl methyl sites for hydroxylation is 2. The van der Waals surface area contributed by atoms with Crippen molar-refractivity contribution < 1.29 is 19.3 Å². The minimum Gasteiger partial charge on any atom is -0.423 e. The van der Waals surface area contributed by atoms with E-state index in [9.17, 15) is 14.6 Å². The number of hydrazine groups is 1. The van der Waals surface area contributed by atoms with Crippen LogP contribution < -0.4 is 10.9 Å². The molecule has 0 aromatic heterocycles. The topological polar surface area (TPSA) is 78.9 Å². The predicted octanol–water partition coefficient (Wildman–Crippen LogP) is 3.13. The van der Waals surface area contributed by atoms with Crippen LogP contribution in [0.5, 0.6) is 0 Å². The molecule has 6 nitrogen and oxygen atoms in total. The fourth-order valence-corrected chi connectivity index (χ4v) is 4.22. The van der Waals surface area contributed by atoms with Crippen molar-refractivity contribution in [2.45, 2.75) is 60.6 Å². The molecule has 0 spiro atoms. The molecule has 2 N–H and O–H groups in total. The van der Waals surface area contributed by atoms with E-state index in [-0.39, 0.29) is 17.4 Å². The van der Waals surface area contributed by atoms with E-state index >= 15 is 0 Å². The molecule has 0 saturated heterocycles.